The third kappa shape index (κ3) is 3.08. The molecule has 0 spiro atoms. The summed E-state index contributed by atoms with van der Waals surface area (Å²) in [5, 5.41) is 13.0. The molecule has 0 fully saturated rings. The van der Waals surface area contributed by atoms with Crippen LogP contribution < -0.4 is 10.2 Å². The van der Waals surface area contributed by atoms with Crippen molar-refractivity contribution < 1.29 is 14.7 Å². The van der Waals surface area contributed by atoms with E-state index in [-0.39, 0.29) is 6.54 Å². The fourth-order valence-electron chi connectivity index (χ4n) is 2.17. The van der Waals surface area contributed by atoms with E-state index in [1.165, 1.54) is 4.90 Å². The molecular weight excluding hydrogens is 324 g/mol. The lowest BCUT2D eigenvalue weighted by Gasteiger charge is -2.20. The van der Waals surface area contributed by atoms with E-state index >= 15 is 0 Å². The Morgan fingerprint density at radius 3 is 2.85 bits per heavy atom. The summed E-state index contributed by atoms with van der Waals surface area (Å²) in [5.74, 6) is -1.09. The Bertz CT molecular complexity index is 533. The molecule has 0 radical (unpaired) electrons. The van der Waals surface area contributed by atoms with Crippen LogP contribution >= 0.6 is 15.9 Å². The van der Waals surface area contributed by atoms with Gasteiger partial charge in [0.15, 0.2) is 0 Å². The van der Waals surface area contributed by atoms with Crippen molar-refractivity contribution in [2.45, 2.75) is 19.4 Å². The van der Waals surface area contributed by atoms with E-state index in [2.05, 4.69) is 21.2 Å². The molecule has 2 rings (SSSR count). The van der Waals surface area contributed by atoms with Crippen LogP contribution in [0.5, 0.6) is 0 Å². The molecular formula is C14H17BrN2O3. The zero-order valence-corrected chi connectivity index (χ0v) is 12.8. The van der Waals surface area contributed by atoms with Crippen molar-refractivity contribution in [1.82, 2.24) is 5.32 Å². The van der Waals surface area contributed by atoms with Gasteiger partial charge in [0.25, 0.3) is 11.7 Å². The van der Waals surface area contributed by atoms with Crippen LogP contribution in [0.2, 0.25) is 0 Å². The number of carbonyl (C=O) groups excluding carboxylic acids is 2. The highest BCUT2D eigenvalue weighted by atomic mass is 79.9. The smallest absolute Gasteiger partial charge is 0.299 e. The predicted octanol–water partition coefficient (Wildman–Crippen LogP) is 1.34. The van der Waals surface area contributed by atoms with Crippen molar-refractivity contribution in [3.8, 4) is 0 Å². The number of carbonyl (C=O) groups is 2. The van der Waals surface area contributed by atoms with E-state index in [1.807, 2.05) is 6.92 Å². The highest BCUT2D eigenvalue weighted by Crippen LogP contribution is 2.31. The lowest BCUT2D eigenvalue weighted by atomic mass is 10.1. The van der Waals surface area contributed by atoms with Crippen LogP contribution in [0.25, 0.3) is 0 Å². The maximum Gasteiger partial charge on any atom is 0.299 e. The van der Waals surface area contributed by atoms with Gasteiger partial charge in [-0.2, -0.15) is 0 Å². The van der Waals surface area contributed by atoms with E-state index in [0.29, 0.717) is 17.8 Å². The van der Waals surface area contributed by atoms with Gasteiger partial charge >= 0.3 is 0 Å². The highest BCUT2D eigenvalue weighted by molar-refractivity contribution is 9.10. The molecule has 0 aromatic heterocycles. The van der Waals surface area contributed by atoms with Gasteiger partial charge < -0.3 is 15.3 Å². The maximum atomic E-state index is 12.0. The molecule has 1 unspecified atom stereocenters. The van der Waals surface area contributed by atoms with Gasteiger partial charge in [0.1, 0.15) is 0 Å². The van der Waals surface area contributed by atoms with Crippen molar-refractivity contribution in [1.29, 1.82) is 0 Å². The summed E-state index contributed by atoms with van der Waals surface area (Å²) in [4.78, 5) is 25.2. The third-order valence-corrected chi connectivity index (χ3v) is 3.63. The second kappa shape index (κ2) is 6.47. The zero-order chi connectivity index (χ0) is 14.7. The summed E-state index contributed by atoms with van der Waals surface area (Å²) in [6.45, 7) is 3.37. The van der Waals surface area contributed by atoms with E-state index in [1.54, 1.807) is 18.2 Å². The number of anilines is 1. The normalized spacial score (nSPS) is 15.7. The first kappa shape index (κ1) is 15.2. The lowest BCUT2D eigenvalue weighted by Crippen LogP contribution is -2.41. The molecule has 108 valence electrons. The summed E-state index contributed by atoms with van der Waals surface area (Å²) >= 11 is 3.28. The van der Waals surface area contributed by atoms with Crippen molar-refractivity contribution >= 4 is 33.3 Å². The van der Waals surface area contributed by atoms with E-state index in [4.69, 9.17) is 0 Å². The Hall–Kier alpha value is -1.24. The van der Waals surface area contributed by atoms with Crippen molar-refractivity contribution in [3.05, 3.63) is 28.2 Å². The number of amides is 1. The molecule has 1 amide bonds. The second-order valence-corrected chi connectivity index (χ2v) is 5.68. The molecule has 5 nitrogen and oxygen atoms in total. The number of ketones is 1. The largest absolute Gasteiger partial charge is 0.390 e. The van der Waals surface area contributed by atoms with Gasteiger partial charge in [-0.1, -0.05) is 22.9 Å². The van der Waals surface area contributed by atoms with Gasteiger partial charge in [0.05, 0.1) is 23.9 Å². The van der Waals surface area contributed by atoms with Crippen molar-refractivity contribution in [2.75, 3.05) is 24.5 Å². The molecule has 1 atom stereocenters. The number of halogens is 1. The molecule has 20 heavy (non-hydrogen) atoms. The average Bonchev–Trinajstić information content (AvgIpc) is 2.64. The van der Waals surface area contributed by atoms with Gasteiger partial charge in [-0.05, 0) is 31.2 Å². The lowest BCUT2D eigenvalue weighted by molar-refractivity contribution is -0.114. The highest BCUT2D eigenvalue weighted by Gasteiger charge is 2.36. The summed E-state index contributed by atoms with van der Waals surface area (Å²) in [6, 6.07) is 5.13. The second-order valence-electron chi connectivity index (χ2n) is 4.76. The molecule has 0 saturated carbocycles. The first-order valence-corrected chi connectivity index (χ1v) is 7.38. The van der Waals surface area contributed by atoms with Gasteiger partial charge in [0, 0.05) is 11.0 Å². The number of β-amino-alcohol motifs (C(OH)–C–C–N with tert-alkyl or cyclic N) is 1. The van der Waals surface area contributed by atoms with Gasteiger partial charge in [-0.25, -0.2) is 0 Å². The Morgan fingerprint density at radius 1 is 1.40 bits per heavy atom. The number of aliphatic hydroxyl groups is 1. The van der Waals surface area contributed by atoms with E-state index in [9.17, 15) is 14.7 Å². The first-order valence-electron chi connectivity index (χ1n) is 6.59. The molecule has 1 aromatic rings. The van der Waals surface area contributed by atoms with Crippen LogP contribution in [0.3, 0.4) is 0 Å². The minimum absolute atomic E-state index is 0.121. The summed E-state index contributed by atoms with van der Waals surface area (Å²) in [6.07, 6.45) is 0.276. The molecule has 1 aromatic carbocycles. The SMILES string of the molecule is CCCNCC(O)CN1C(=O)C(=O)c2cc(Br)ccc21. The van der Waals surface area contributed by atoms with Gasteiger partial charge in [-0.15, -0.1) is 0 Å². The molecule has 0 saturated heterocycles. The van der Waals surface area contributed by atoms with Crippen LogP contribution in [0.4, 0.5) is 5.69 Å². The minimum atomic E-state index is -0.701. The Labute approximate surface area is 126 Å². The summed E-state index contributed by atoms with van der Waals surface area (Å²) < 4.78 is 0.754. The Balaban J connectivity index is 2.10. The van der Waals surface area contributed by atoms with Gasteiger partial charge in [0.2, 0.25) is 0 Å². The number of nitrogens with zero attached hydrogens (tertiary/aromatic N) is 1. The number of Topliss-reactive ketones (excluding diaryl/α,β-unsaturated/α-hetero) is 1. The molecule has 1 aliphatic rings. The van der Waals surface area contributed by atoms with Crippen molar-refractivity contribution in [2.24, 2.45) is 0 Å². The van der Waals surface area contributed by atoms with E-state index < -0.39 is 17.8 Å². The Kier molecular flexibility index (Phi) is 4.91. The minimum Gasteiger partial charge on any atom is -0.390 e. The molecule has 1 aliphatic heterocycles. The molecule has 2 N–H and O–H groups in total. The quantitative estimate of drug-likeness (QED) is 0.605. The van der Waals surface area contributed by atoms with Crippen LogP contribution in [-0.4, -0.2) is 42.5 Å². The average molecular weight is 341 g/mol. The summed E-state index contributed by atoms with van der Waals surface area (Å²) in [5.41, 5.74) is 0.954. The van der Waals surface area contributed by atoms with E-state index in [0.717, 1.165) is 17.4 Å². The Morgan fingerprint density at radius 2 is 2.15 bits per heavy atom. The fourth-order valence-corrected chi connectivity index (χ4v) is 2.54. The van der Waals surface area contributed by atoms with Crippen LogP contribution in [-0.2, 0) is 4.79 Å². The molecule has 0 aliphatic carbocycles. The number of aliphatic hydroxyl groups excluding tert-OH is 1. The number of nitrogens with one attached hydrogen (secondary N) is 1. The number of rotatable bonds is 6. The molecule has 1 heterocycles. The van der Waals surface area contributed by atoms with Crippen LogP contribution in [0.1, 0.15) is 23.7 Å². The predicted molar refractivity (Wildman–Crippen MR) is 80.0 cm³/mol. The van der Waals surface area contributed by atoms with Crippen LogP contribution in [0, 0.1) is 0 Å². The third-order valence-electron chi connectivity index (χ3n) is 3.13. The molecule has 6 heteroatoms. The summed E-state index contributed by atoms with van der Waals surface area (Å²) in [7, 11) is 0. The number of hydrogen-bond acceptors (Lipinski definition) is 4. The molecule has 0 bridgehead atoms. The standard InChI is InChI=1S/C14H17BrN2O3/c1-2-5-16-7-10(18)8-17-12-4-3-9(15)6-11(12)13(19)14(17)20/h3-4,6,10,16,18H,2,5,7-8H2,1H3. The maximum absolute atomic E-state index is 12.0. The van der Waals surface area contributed by atoms with Crippen LogP contribution in [0.15, 0.2) is 22.7 Å². The first-order chi connectivity index (χ1) is 9.54. The van der Waals surface area contributed by atoms with Crippen molar-refractivity contribution in [3.63, 3.8) is 0 Å². The zero-order valence-electron chi connectivity index (χ0n) is 11.2. The number of fused-ring (bicyclic) bond motifs is 1. The van der Waals surface area contributed by atoms with Gasteiger partial charge in [-0.3, -0.25) is 9.59 Å². The number of benzene rings is 1. The number of hydrogen-bond donors (Lipinski definition) is 2. The monoisotopic (exact) mass is 340 g/mol. The topological polar surface area (TPSA) is 69.6 Å². The fraction of sp³-hybridized carbons (Fsp3) is 0.429.